The van der Waals surface area contributed by atoms with Crippen LogP contribution in [0.4, 0.5) is 10.1 Å². The molecule has 21 heavy (non-hydrogen) atoms. The van der Waals surface area contributed by atoms with E-state index in [0.29, 0.717) is 16.8 Å². The van der Waals surface area contributed by atoms with E-state index in [1.165, 1.54) is 12.1 Å². The van der Waals surface area contributed by atoms with Crippen LogP contribution in [0, 0.1) is 17.1 Å². The SMILES string of the molecule is N#Cc1ccc(Br)cc1NCc1ccc(C(N)=O)cc1F. The summed E-state index contributed by atoms with van der Waals surface area (Å²) in [6, 6.07) is 11.3. The second-order valence-electron chi connectivity index (χ2n) is 4.33. The molecule has 3 N–H and O–H groups in total. The van der Waals surface area contributed by atoms with E-state index in [0.717, 1.165) is 10.5 Å². The highest BCUT2D eigenvalue weighted by atomic mass is 79.9. The Hall–Kier alpha value is -2.39. The number of anilines is 1. The molecule has 0 aliphatic rings. The summed E-state index contributed by atoms with van der Waals surface area (Å²) in [6.45, 7) is 0.190. The molecule has 0 bridgehead atoms. The van der Waals surface area contributed by atoms with Crippen LogP contribution in [0.3, 0.4) is 0 Å². The maximum atomic E-state index is 13.9. The fraction of sp³-hybridized carbons (Fsp3) is 0.0667. The number of nitrogens with two attached hydrogens (primary N) is 1. The number of benzene rings is 2. The molecule has 0 atom stereocenters. The number of nitrogens with zero attached hydrogens (tertiary/aromatic N) is 1. The van der Waals surface area contributed by atoms with Crippen molar-refractivity contribution in [2.75, 3.05) is 5.32 Å². The van der Waals surface area contributed by atoms with E-state index in [9.17, 15) is 9.18 Å². The van der Waals surface area contributed by atoms with Crippen LogP contribution in [-0.2, 0) is 6.54 Å². The average molecular weight is 348 g/mol. The minimum absolute atomic E-state index is 0.122. The highest BCUT2D eigenvalue weighted by molar-refractivity contribution is 9.10. The number of hydrogen-bond donors (Lipinski definition) is 2. The first-order chi connectivity index (χ1) is 10.0. The van der Waals surface area contributed by atoms with Crippen molar-refractivity contribution in [3.05, 3.63) is 63.4 Å². The molecule has 0 radical (unpaired) electrons. The first-order valence-electron chi connectivity index (χ1n) is 6.03. The van der Waals surface area contributed by atoms with E-state index in [4.69, 9.17) is 11.0 Å². The first kappa shape index (κ1) is 15.0. The van der Waals surface area contributed by atoms with Crippen LogP contribution < -0.4 is 11.1 Å². The topological polar surface area (TPSA) is 78.9 Å². The van der Waals surface area contributed by atoms with Crippen molar-refractivity contribution >= 4 is 27.5 Å². The summed E-state index contributed by atoms with van der Waals surface area (Å²) < 4.78 is 14.7. The third kappa shape index (κ3) is 3.58. The van der Waals surface area contributed by atoms with Gasteiger partial charge in [0, 0.05) is 22.1 Å². The molecule has 0 fully saturated rings. The lowest BCUT2D eigenvalue weighted by atomic mass is 10.1. The van der Waals surface area contributed by atoms with E-state index in [-0.39, 0.29) is 12.1 Å². The van der Waals surface area contributed by atoms with E-state index in [1.807, 2.05) is 0 Å². The second kappa shape index (κ2) is 6.37. The predicted octanol–water partition coefficient (Wildman–Crippen LogP) is 3.17. The fourth-order valence-corrected chi connectivity index (χ4v) is 2.16. The third-order valence-electron chi connectivity index (χ3n) is 2.91. The van der Waals surface area contributed by atoms with Gasteiger partial charge in [0.25, 0.3) is 0 Å². The van der Waals surface area contributed by atoms with Crippen molar-refractivity contribution in [2.45, 2.75) is 6.54 Å². The van der Waals surface area contributed by atoms with Crippen LogP contribution in [0.15, 0.2) is 40.9 Å². The number of carbonyl (C=O) groups is 1. The van der Waals surface area contributed by atoms with Crippen LogP contribution in [0.25, 0.3) is 0 Å². The van der Waals surface area contributed by atoms with Gasteiger partial charge in [-0.2, -0.15) is 5.26 Å². The zero-order valence-electron chi connectivity index (χ0n) is 10.9. The zero-order chi connectivity index (χ0) is 15.4. The van der Waals surface area contributed by atoms with Gasteiger partial charge in [0.05, 0.1) is 11.3 Å². The Morgan fingerprint density at radius 3 is 2.71 bits per heavy atom. The minimum Gasteiger partial charge on any atom is -0.380 e. The van der Waals surface area contributed by atoms with Gasteiger partial charge in [-0.15, -0.1) is 0 Å². The molecule has 1 amide bonds. The molecule has 4 nitrogen and oxygen atoms in total. The maximum Gasteiger partial charge on any atom is 0.248 e. The summed E-state index contributed by atoms with van der Waals surface area (Å²) in [5.41, 5.74) is 6.66. The Bertz CT molecular complexity index is 740. The van der Waals surface area contributed by atoms with Crippen LogP contribution >= 0.6 is 15.9 Å². The molecule has 0 spiro atoms. The van der Waals surface area contributed by atoms with Crippen molar-refractivity contribution in [3.8, 4) is 6.07 Å². The van der Waals surface area contributed by atoms with Gasteiger partial charge in [0.2, 0.25) is 5.91 Å². The predicted molar refractivity (Wildman–Crippen MR) is 81.1 cm³/mol. The van der Waals surface area contributed by atoms with Gasteiger partial charge in [-0.05, 0) is 30.3 Å². The molecule has 0 saturated carbocycles. The highest BCUT2D eigenvalue weighted by Crippen LogP contribution is 2.22. The lowest BCUT2D eigenvalue weighted by molar-refractivity contribution is 0.1000. The standard InChI is InChI=1S/C15H11BrFN3O/c16-12-4-3-10(7-18)14(6-12)20-8-11-2-1-9(15(19)21)5-13(11)17/h1-6,20H,8H2,(H2,19,21). The Balaban J connectivity index is 2.19. The number of carbonyl (C=O) groups excluding carboxylic acids is 1. The second-order valence-corrected chi connectivity index (χ2v) is 5.24. The van der Waals surface area contributed by atoms with Crippen LogP contribution in [-0.4, -0.2) is 5.91 Å². The monoisotopic (exact) mass is 347 g/mol. The molecular formula is C15H11BrFN3O. The Morgan fingerprint density at radius 2 is 2.10 bits per heavy atom. The summed E-state index contributed by atoms with van der Waals surface area (Å²) in [6.07, 6.45) is 0. The number of nitriles is 1. The molecule has 0 heterocycles. The molecule has 0 aliphatic heterocycles. The summed E-state index contributed by atoms with van der Waals surface area (Å²) >= 11 is 3.32. The maximum absolute atomic E-state index is 13.9. The van der Waals surface area contributed by atoms with E-state index >= 15 is 0 Å². The molecule has 0 unspecified atom stereocenters. The summed E-state index contributed by atoms with van der Waals surface area (Å²) in [5.74, 6) is -1.19. The molecule has 2 aromatic rings. The van der Waals surface area contributed by atoms with Gasteiger partial charge >= 0.3 is 0 Å². The number of hydrogen-bond acceptors (Lipinski definition) is 3. The van der Waals surface area contributed by atoms with Gasteiger partial charge < -0.3 is 11.1 Å². The quantitative estimate of drug-likeness (QED) is 0.891. The molecule has 6 heteroatoms. The van der Waals surface area contributed by atoms with Crippen LogP contribution in [0.2, 0.25) is 0 Å². The number of halogens is 2. The largest absolute Gasteiger partial charge is 0.380 e. The number of nitrogens with one attached hydrogen (secondary N) is 1. The van der Waals surface area contributed by atoms with Gasteiger partial charge in [-0.1, -0.05) is 22.0 Å². The third-order valence-corrected chi connectivity index (χ3v) is 3.40. The number of primary amides is 1. The first-order valence-corrected chi connectivity index (χ1v) is 6.82. The van der Waals surface area contributed by atoms with Gasteiger partial charge in [-0.3, -0.25) is 4.79 Å². The van der Waals surface area contributed by atoms with Crippen LogP contribution in [0.1, 0.15) is 21.5 Å². The lowest BCUT2D eigenvalue weighted by Gasteiger charge is -2.10. The fourth-order valence-electron chi connectivity index (χ4n) is 1.79. The summed E-state index contributed by atoms with van der Waals surface area (Å²) in [7, 11) is 0. The normalized spacial score (nSPS) is 9.95. The van der Waals surface area contributed by atoms with Crippen molar-refractivity contribution in [3.63, 3.8) is 0 Å². The van der Waals surface area contributed by atoms with Gasteiger partial charge in [-0.25, -0.2) is 4.39 Å². The van der Waals surface area contributed by atoms with Gasteiger partial charge in [0.15, 0.2) is 0 Å². The molecule has 2 rings (SSSR count). The lowest BCUT2D eigenvalue weighted by Crippen LogP contribution is -2.12. The summed E-state index contributed by atoms with van der Waals surface area (Å²) in [5, 5.41) is 12.0. The average Bonchev–Trinajstić information content (AvgIpc) is 2.46. The van der Waals surface area contributed by atoms with Crippen molar-refractivity contribution in [1.82, 2.24) is 0 Å². The van der Waals surface area contributed by atoms with E-state index in [1.54, 1.807) is 18.2 Å². The number of rotatable bonds is 4. The Labute approximate surface area is 129 Å². The van der Waals surface area contributed by atoms with E-state index in [2.05, 4.69) is 27.3 Å². The Kier molecular flexibility index (Phi) is 4.55. The van der Waals surface area contributed by atoms with E-state index < -0.39 is 11.7 Å². The van der Waals surface area contributed by atoms with Crippen molar-refractivity contribution in [2.24, 2.45) is 5.73 Å². The molecular weight excluding hydrogens is 337 g/mol. The number of amides is 1. The Morgan fingerprint density at radius 1 is 1.33 bits per heavy atom. The van der Waals surface area contributed by atoms with Crippen LogP contribution in [0.5, 0.6) is 0 Å². The summed E-state index contributed by atoms with van der Waals surface area (Å²) in [4.78, 5) is 11.0. The zero-order valence-corrected chi connectivity index (χ0v) is 12.4. The molecule has 0 aromatic heterocycles. The molecule has 106 valence electrons. The molecule has 0 aliphatic carbocycles. The smallest absolute Gasteiger partial charge is 0.248 e. The van der Waals surface area contributed by atoms with Crippen molar-refractivity contribution < 1.29 is 9.18 Å². The minimum atomic E-state index is -0.674. The highest BCUT2D eigenvalue weighted by Gasteiger charge is 2.08. The van der Waals surface area contributed by atoms with Gasteiger partial charge in [0.1, 0.15) is 11.9 Å². The molecule has 2 aromatic carbocycles. The van der Waals surface area contributed by atoms with Crippen molar-refractivity contribution in [1.29, 1.82) is 5.26 Å². The molecule has 0 saturated heterocycles.